The number of hydrogen-bond donors (Lipinski definition) is 0. The summed E-state index contributed by atoms with van der Waals surface area (Å²) >= 11 is 3.20. The summed E-state index contributed by atoms with van der Waals surface area (Å²) in [6, 6.07) is 4.46. The lowest BCUT2D eigenvalue weighted by atomic mass is 10.1. The Labute approximate surface area is 113 Å². The number of hydrogen-bond acceptors (Lipinski definition) is 2. The number of benzene rings is 1. The van der Waals surface area contributed by atoms with Gasteiger partial charge < -0.3 is 4.57 Å². The first-order valence-corrected chi connectivity index (χ1v) is 6.44. The smallest absolute Gasteiger partial charge is 0.232 e. The second-order valence-electron chi connectivity index (χ2n) is 3.87. The van der Waals surface area contributed by atoms with Gasteiger partial charge in [0.1, 0.15) is 5.82 Å². The standard InChI is InChI=1S/C13H12BrFN2O/c1-2-7-17-8-6-16-13(17)12(18)11-9(14)4-3-5-10(11)15/h3-6,8H,2,7H2,1H3. The van der Waals surface area contributed by atoms with Crippen molar-refractivity contribution in [3.05, 3.63) is 52.3 Å². The number of carbonyl (C=O) groups is 1. The van der Waals surface area contributed by atoms with E-state index in [0.29, 0.717) is 11.0 Å². The molecule has 0 N–H and O–H groups in total. The quantitative estimate of drug-likeness (QED) is 0.811. The van der Waals surface area contributed by atoms with Crippen LogP contribution in [0, 0.1) is 5.82 Å². The number of halogens is 2. The Balaban J connectivity index is 2.45. The van der Waals surface area contributed by atoms with Crippen LogP contribution in [-0.4, -0.2) is 15.3 Å². The van der Waals surface area contributed by atoms with E-state index in [1.807, 2.05) is 6.92 Å². The van der Waals surface area contributed by atoms with E-state index in [0.717, 1.165) is 6.42 Å². The Kier molecular flexibility index (Phi) is 3.91. The molecule has 0 spiro atoms. The summed E-state index contributed by atoms with van der Waals surface area (Å²) in [5, 5.41) is 0. The van der Waals surface area contributed by atoms with Crippen LogP contribution < -0.4 is 0 Å². The monoisotopic (exact) mass is 310 g/mol. The molecule has 0 saturated heterocycles. The van der Waals surface area contributed by atoms with Crippen LogP contribution in [0.25, 0.3) is 0 Å². The summed E-state index contributed by atoms with van der Waals surface area (Å²) in [6.07, 6.45) is 4.16. The van der Waals surface area contributed by atoms with Crippen molar-refractivity contribution >= 4 is 21.7 Å². The maximum absolute atomic E-state index is 13.7. The molecule has 94 valence electrons. The molecule has 2 aromatic rings. The molecule has 0 bridgehead atoms. The van der Waals surface area contributed by atoms with Crippen LogP contribution in [-0.2, 0) is 6.54 Å². The molecule has 0 atom stereocenters. The van der Waals surface area contributed by atoms with Crippen LogP contribution in [0.3, 0.4) is 0 Å². The molecule has 0 radical (unpaired) electrons. The molecule has 3 nitrogen and oxygen atoms in total. The van der Waals surface area contributed by atoms with Crippen LogP contribution in [0.4, 0.5) is 4.39 Å². The van der Waals surface area contributed by atoms with Crippen molar-refractivity contribution in [2.45, 2.75) is 19.9 Å². The molecule has 2 rings (SSSR count). The van der Waals surface area contributed by atoms with Gasteiger partial charge in [-0.05, 0) is 34.5 Å². The highest BCUT2D eigenvalue weighted by Gasteiger charge is 2.21. The van der Waals surface area contributed by atoms with E-state index in [9.17, 15) is 9.18 Å². The number of nitrogens with zero attached hydrogens (tertiary/aromatic N) is 2. The predicted octanol–water partition coefficient (Wildman–Crippen LogP) is 3.43. The van der Waals surface area contributed by atoms with Gasteiger partial charge in [0.25, 0.3) is 0 Å². The Morgan fingerprint density at radius 3 is 2.94 bits per heavy atom. The summed E-state index contributed by atoms with van der Waals surface area (Å²) in [5.41, 5.74) is 0.0288. The van der Waals surface area contributed by atoms with Gasteiger partial charge in [0, 0.05) is 23.4 Å². The van der Waals surface area contributed by atoms with Crippen LogP contribution in [0.1, 0.15) is 29.5 Å². The molecule has 0 aliphatic rings. The lowest BCUT2D eigenvalue weighted by Gasteiger charge is -2.07. The lowest BCUT2D eigenvalue weighted by molar-refractivity contribution is 0.102. The second-order valence-corrected chi connectivity index (χ2v) is 4.72. The number of aryl methyl sites for hydroxylation is 1. The van der Waals surface area contributed by atoms with Crippen molar-refractivity contribution in [1.29, 1.82) is 0 Å². The first kappa shape index (κ1) is 13.0. The first-order chi connectivity index (χ1) is 8.65. The number of rotatable bonds is 4. The topological polar surface area (TPSA) is 34.9 Å². The highest BCUT2D eigenvalue weighted by Crippen LogP contribution is 2.22. The molecule has 1 heterocycles. The van der Waals surface area contributed by atoms with Gasteiger partial charge in [-0.15, -0.1) is 0 Å². The summed E-state index contributed by atoms with van der Waals surface area (Å²) in [7, 11) is 0. The van der Waals surface area contributed by atoms with E-state index in [2.05, 4.69) is 20.9 Å². The van der Waals surface area contributed by atoms with Gasteiger partial charge in [-0.3, -0.25) is 4.79 Å². The van der Waals surface area contributed by atoms with Gasteiger partial charge >= 0.3 is 0 Å². The van der Waals surface area contributed by atoms with Gasteiger partial charge in [-0.25, -0.2) is 9.37 Å². The summed E-state index contributed by atoms with van der Waals surface area (Å²) < 4.78 is 15.9. The Morgan fingerprint density at radius 2 is 2.28 bits per heavy atom. The third kappa shape index (κ3) is 2.36. The van der Waals surface area contributed by atoms with Gasteiger partial charge in [-0.1, -0.05) is 13.0 Å². The zero-order valence-electron chi connectivity index (χ0n) is 9.86. The molecule has 0 aliphatic heterocycles. The minimum atomic E-state index is -0.541. The molecule has 1 aromatic heterocycles. The number of carbonyl (C=O) groups excluding carboxylic acids is 1. The Morgan fingerprint density at radius 1 is 1.50 bits per heavy atom. The van der Waals surface area contributed by atoms with E-state index < -0.39 is 11.6 Å². The normalized spacial score (nSPS) is 10.6. The third-order valence-electron chi connectivity index (χ3n) is 2.57. The molecule has 0 aliphatic carbocycles. The maximum Gasteiger partial charge on any atom is 0.232 e. The molecular formula is C13H12BrFN2O. The fourth-order valence-electron chi connectivity index (χ4n) is 1.77. The average molecular weight is 311 g/mol. The van der Waals surface area contributed by atoms with Gasteiger partial charge in [-0.2, -0.15) is 0 Å². The summed E-state index contributed by atoms with van der Waals surface area (Å²) in [6.45, 7) is 2.69. The zero-order valence-corrected chi connectivity index (χ0v) is 11.4. The van der Waals surface area contributed by atoms with Crippen molar-refractivity contribution in [1.82, 2.24) is 9.55 Å². The molecule has 0 amide bonds. The predicted molar refractivity (Wildman–Crippen MR) is 70.1 cm³/mol. The molecule has 5 heteroatoms. The van der Waals surface area contributed by atoms with E-state index in [1.54, 1.807) is 29.1 Å². The molecule has 18 heavy (non-hydrogen) atoms. The van der Waals surface area contributed by atoms with Crippen LogP contribution in [0.2, 0.25) is 0 Å². The number of aromatic nitrogens is 2. The summed E-state index contributed by atoms with van der Waals surface area (Å²) in [4.78, 5) is 16.3. The average Bonchev–Trinajstić information content (AvgIpc) is 2.77. The maximum atomic E-state index is 13.7. The lowest BCUT2D eigenvalue weighted by Crippen LogP contribution is -2.13. The SMILES string of the molecule is CCCn1ccnc1C(=O)c1c(F)cccc1Br. The Bertz CT molecular complexity index is 560. The van der Waals surface area contributed by atoms with E-state index in [4.69, 9.17) is 0 Å². The van der Waals surface area contributed by atoms with E-state index in [1.165, 1.54) is 6.07 Å². The fraction of sp³-hybridized carbons (Fsp3) is 0.231. The van der Waals surface area contributed by atoms with Gasteiger partial charge in [0.2, 0.25) is 5.78 Å². The van der Waals surface area contributed by atoms with Crippen molar-refractivity contribution in [2.75, 3.05) is 0 Å². The molecule has 0 saturated carbocycles. The van der Waals surface area contributed by atoms with Gasteiger partial charge in [0.15, 0.2) is 5.82 Å². The number of ketones is 1. The molecule has 0 fully saturated rings. The molecule has 0 unspecified atom stereocenters. The van der Waals surface area contributed by atoms with Crippen LogP contribution in [0.15, 0.2) is 35.1 Å². The third-order valence-corrected chi connectivity index (χ3v) is 3.23. The van der Waals surface area contributed by atoms with Crippen molar-refractivity contribution in [3.63, 3.8) is 0 Å². The van der Waals surface area contributed by atoms with Gasteiger partial charge in [0.05, 0.1) is 5.56 Å². The Hall–Kier alpha value is -1.49. The zero-order chi connectivity index (χ0) is 13.1. The highest BCUT2D eigenvalue weighted by molar-refractivity contribution is 9.10. The van der Waals surface area contributed by atoms with Crippen molar-refractivity contribution < 1.29 is 9.18 Å². The van der Waals surface area contributed by atoms with E-state index in [-0.39, 0.29) is 11.4 Å². The molecular weight excluding hydrogens is 299 g/mol. The highest BCUT2D eigenvalue weighted by atomic mass is 79.9. The van der Waals surface area contributed by atoms with Crippen molar-refractivity contribution in [2.24, 2.45) is 0 Å². The van der Waals surface area contributed by atoms with Crippen LogP contribution in [0.5, 0.6) is 0 Å². The minimum absolute atomic E-state index is 0.0288. The van der Waals surface area contributed by atoms with E-state index >= 15 is 0 Å². The summed E-state index contributed by atoms with van der Waals surface area (Å²) in [5.74, 6) is -0.679. The molecule has 1 aromatic carbocycles. The van der Waals surface area contributed by atoms with Crippen molar-refractivity contribution in [3.8, 4) is 0 Å². The first-order valence-electron chi connectivity index (χ1n) is 5.65. The largest absolute Gasteiger partial charge is 0.328 e. The fourth-order valence-corrected chi connectivity index (χ4v) is 2.29. The van der Waals surface area contributed by atoms with Crippen LogP contribution >= 0.6 is 15.9 Å². The minimum Gasteiger partial charge on any atom is -0.328 e. The second kappa shape index (κ2) is 5.44. The number of imidazole rings is 1.